The van der Waals surface area contributed by atoms with Crippen LogP contribution in [0.1, 0.15) is 11.7 Å². The lowest BCUT2D eigenvalue weighted by molar-refractivity contribution is -0.150. The number of carbonyl (C=O) groups excluding carboxylic acids is 1. The molecule has 1 rings (SSSR count). The Morgan fingerprint density at radius 2 is 1.88 bits per heavy atom. The van der Waals surface area contributed by atoms with Gasteiger partial charge in [-0.25, -0.2) is 13.6 Å². The Kier molecular flexibility index (Phi) is 4.01. The Morgan fingerprint density at radius 1 is 1.35 bits per heavy atom. The topological polar surface area (TPSA) is 49.8 Å². The van der Waals surface area contributed by atoms with E-state index in [1.165, 1.54) is 4.90 Å². The third kappa shape index (κ3) is 2.71. The Hall–Kier alpha value is -1.69. The summed E-state index contributed by atoms with van der Waals surface area (Å²) in [6.07, 6.45) is -1.65. The highest BCUT2D eigenvalue weighted by Crippen LogP contribution is 2.28. The maximum Gasteiger partial charge on any atom is 0.339 e. The zero-order chi connectivity index (χ0) is 13.2. The van der Waals surface area contributed by atoms with E-state index in [2.05, 4.69) is 4.74 Å². The first-order valence-corrected chi connectivity index (χ1v) is 4.80. The number of esters is 1. The number of hydrogen-bond donors (Lipinski definition) is 1. The number of hydrogen-bond acceptors (Lipinski definition) is 4. The molecule has 1 N–H and O–H groups in total. The van der Waals surface area contributed by atoms with Gasteiger partial charge < -0.3 is 14.7 Å². The summed E-state index contributed by atoms with van der Waals surface area (Å²) in [6, 6.07) is 1.70. The molecule has 0 spiro atoms. The van der Waals surface area contributed by atoms with Crippen LogP contribution in [0.2, 0.25) is 0 Å². The van der Waals surface area contributed by atoms with Crippen LogP contribution in [0.15, 0.2) is 12.1 Å². The summed E-state index contributed by atoms with van der Waals surface area (Å²) in [4.78, 5) is 12.6. The Bertz CT molecular complexity index is 435. The molecule has 1 aromatic rings. The summed E-state index contributed by atoms with van der Waals surface area (Å²) in [5.41, 5.74) is 0.169. The van der Waals surface area contributed by atoms with E-state index in [0.29, 0.717) is 0 Å². The minimum atomic E-state index is -1.65. The van der Waals surface area contributed by atoms with Crippen molar-refractivity contribution in [2.24, 2.45) is 0 Å². The Labute approximate surface area is 97.4 Å². The molecule has 0 bridgehead atoms. The van der Waals surface area contributed by atoms with Gasteiger partial charge in [0, 0.05) is 31.4 Å². The zero-order valence-electron chi connectivity index (χ0n) is 9.70. The lowest BCUT2D eigenvalue weighted by atomic mass is 10.1. The van der Waals surface area contributed by atoms with Crippen LogP contribution in [0.25, 0.3) is 0 Å². The molecule has 94 valence electrons. The van der Waals surface area contributed by atoms with Gasteiger partial charge in [0.1, 0.15) is 0 Å². The van der Waals surface area contributed by atoms with Crippen molar-refractivity contribution in [1.82, 2.24) is 0 Å². The molecule has 0 radical (unpaired) electrons. The summed E-state index contributed by atoms with van der Waals surface area (Å²) in [5.74, 6) is -3.11. The van der Waals surface area contributed by atoms with Crippen LogP contribution >= 0.6 is 0 Å². The van der Waals surface area contributed by atoms with Crippen LogP contribution in [0, 0.1) is 11.6 Å². The van der Waals surface area contributed by atoms with Crippen molar-refractivity contribution in [3.05, 3.63) is 29.3 Å². The fourth-order valence-electron chi connectivity index (χ4n) is 1.40. The van der Waals surface area contributed by atoms with Gasteiger partial charge in [-0.05, 0) is 6.07 Å². The molecule has 0 aliphatic heterocycles. The third-order valence-corrected chi connectivity index (χ3v) is 2.27. The molecular formula is C11H13F2NO3. The molecule has 1 atom stereocenters. The average Bonchev–Trinajstić information content (AvgIpc) is 2.29. The molecule has 4 nitrogen and oxygen atoms in total. The molecule has 1 unspecified atom stereocenters. The lowest BCUT2D eigenvalue weighted by Crippen LogP contribution is -2.19. The van der Waals surface area contributed by atoms with Crippen molar-refractivity contribution in [3.8, 4) is 0 Å². The first kappa shape index (κ1) is 13.4. The highest BCUT2D eigenvalue weighted by atomic mass is 19.2. The second-order valence-electron chi connectivity index (χ2n) is 3.65. The molecule has 1 aromatic carbocycles. The molecular weight excluding hydrogens is 232 g/mol. The monoisotopic (exact) mass is 245 g/mol. The molecule has 0 saturated heterocycles. The van der Waals surface area contributed by atoms with Gasteiger partial charge >= 0.3 is 5.97 Å². The number of rotatable bonds is 3. The standard InChI is InChI=1S/C11H13F2NO3/c1-14(2)9-5-8(13)7(12)4-6(9)10(15)11(16)17-3/h4-5,10,15H,1-3H3. The number of ether oxygens (including phenoxy) is 1. The molecule has 0 amide bonds. The molecule has 17 heavy (non-hydrogen) atoms. The van der Waals surface area contributed by atoms with E-state index in [4.69, 9.17) is 0 Å². The largest absolute Gasteiger partial charge is 0.467 e. The number of benzene rings is 1. The fraction of sp³-hybridized carbons (Fsp3) is 0.364. The van der Waals surface area contributed by atoms with Gasteiger partial charge in [0.25, 0.3) is 0 Å². The Morgan fingerprint density at radius 3 is 2.35 bits per heavy atom. The smallest absolute Gasteiger partial charge is 0.339 e. The van der Waals surface area contributed by atoms with Gasteiger partial charge in [-0.1, -0.05) is 0 Å². The minimum Gasteiger partial charge on any atom is -0.467 e. The summed E-state index contributed by atoms with van der Waals surface area (Å²) in [5, 5.41) is 9.64. The SMILES string of the molecule is COC(=O)C(O)c1cc(F)c(F)cc1N(C)C. The van der Waals surface area contributed by atoms with Crippen LogP contribution in [0.3, 0.4) is 0 Å². The number of anilines is 1. The van der Waals surface area contributed by atoms with E-state index < -0.39 is 23.7 Å². The van der Waals surface area contributed by atoms with E-state index in [9.17, 15) is 18.7 Å². The van der Waals surface area contributed by atoms with E-state index in [0.717, 1.165) is 19.2 Å². The summed E-state index contributed by atoms with van der Waals surface area (Å²) in [7, 11) is 4.27. The van der Waals surface area contributed by atoms with Crippen molar-refractivity contribution in [2.45, 2.75) is 6.10 Å². The van der Waals surface area contributed by atoms with E-state index in [1.54, 1.807) is 14.1 Å². The number of carbonyl (C=O) groups is 1. The molecule has 0 aliphatic carbocycles. The normalized spacial score (nSPS) is 12.1. The number of aliphatic hydroxyl groups excluding tert-OH is 1. The van der Waals surface area contributed by atoms with E-state index in [1.807, 2.05) is 0 Å². The first-order valence-electron chi connectivity index (χ1n) is 4.80. The molecule has 0 aromatic heterocycles. The van der Waals surface area contributed by atoms with Gasteiger partial charge in [0.05, 0.1) is 7.11 Å². The van der Waals surface area contributed by atoms with Crippen molar-refractivity contribution < 1.29 is 23.4 Å². The highest BCUT2D eigenvalue weighted by molar-refractivity contribution is 5.79. The van der Waals surface area contributed by atoms with Crippen LogP contribution < -0.4 is 4.90 Å². The molecule has 0 heterocycles. The molecule has 0 fully saturated rings. The predicted molar refractivity (Wildman–Crippen MR) is 57.7 cm³/mol. The Balaban J connectivity index is 3.30. The second kappa shape index (κ2) is 5.09. The quantitative estimate of drug-likeness (QED) is 0.814. The fourth-order valence-corrected chi connectivity index (χ4v) is 1.40. The highest BCUT2D eigenvalue weighted by Gasteiger charge is 2.24. The van der Waals surface area contributed by atoms with Gasteiger partial charge in [-0.2, -0.15) is 0 Å². The molecule has 0 saturated carbocycles. The van der Waals surface area contributed by atoms with Gasteiger partial charge in [-0.3, -0.25) is 0 Å². The van der Waals surface area contributed by atoms with Crippen molar-refractivity contribution >= 4 is 11.7 Å². The number of aliphatic hydroxyl groups is 1. The van der Waals surface area contributed by atoms with Gasteiger partial charge in [0.2, 0.25) is 0 Å². The lowest BCUT2D eigenvalue weighted by Gasteiger charge is -2.20. The zero-order valence-corrected chi connectivity index (χ0v) is 9.70. The van der Waals surface area contributed by atoms with Crippen LogP contribution in [-0.4, -0.2) is 32.3 Å². The summed E-state index contributed by atoms with van der Waals surface area (Å²) >= 11 is 0. The summed E-state index contributed by atoms with van der Waals surface area (Å²) < 4.78 is 30.5. The number of nitrogens with zero attached hydrogens (tertiary/aromatic N) is 1. The average molecular weight is 245 g/mol. The molecule has 0 aliphatic rings. The van der Waals surface area contributed by atoms with Crippen molar-refractivity contribution in [2.75, 3.05) is 26.1 Å². The third-order valence-electron chi connectivity index (χ3n) is 2.27. The second-order valence-corrected chi connectivity index (χ2v) is 3.65. The van der Waals surface area contributed by atoms with Crippen LogP contribution in [-0.2, 0) is 9.53 Å². The number of halogens is 2. The van der Waals surface area contributed by atoms with Crippen LogP contribution in [0.4, 0.5) is 14.5 Å². The first-order chi connectivity index (χ1) is 7.88. The predicted octanol–water partition coefficient (Wildman–Crippen LogP) is 1.24. The van der Waals surface area contributed by atoms with Gasteiger partial charge in [-0.15, -0.1) is 0 Å². The van der Waals surface area contributed by atoms with Crippen LogP contribution in [0.5, 0.6) is 0 Å². The molecule has 6 heteroatoms. The minimum absolute atomic E-state index is 0.0410. The summed E-state index contributed by atoms with van der Waals surface area (Å²) in [6.45, 7) is 0. The van der Waals surface area contributed by atoms with Gasteiger partial charge in [0.15, 0.2) is 17.7 Å². The number of methoxy groups -OCH3 is 1. The maximum absolute atomic E-state index is 13.1. The maximum atomic E-state index is 13.1. The van der Waals surface area contributed by atoms with Crippen molar-refractivity contribution in [3.63, 3.8) is 0 Å². The van der Waals surface area contributed by atoms with E-state index in [-0.39, 0.29) is 11.3 Å². The van der Waals surface area contributed by atoms with E-state index >= 15 is 0 Å². The van der Waals surface area contributed by atoms with Crippen molar-refractivity contribution in [1.29, 1.82) is 0 Å².